The molecule has 1 aliphatic heterocycles. The SMILES string of the molecule is COc1cccc(OC)c1C(c1cccc(C)c1)N1CCC(C(=O)O)CC1. The summed E-state index contributed by atoms with van der Waals surface area (Å²) in [5.41, 5.74) is 3.33. The van der Waals surface area contributed by atoms with Crippen LogP contribution in [0.2, 0.25) is 0 Å². The molecule has 0 amide bonds. The molecule has 0 saturated carbocycles. The van der Waals surface area contributed by atoms with Crippen molar-refractivity contribution in [3.63, 3.8) is 0 Å². The first-order valence-electron chi connectivity index (χ1n) is 9.29. The zero-order valence-corrected chi connectivity index (χ0v) is 16.1. The van der Waals surface area contributed by atoms with Gasteiger partial charge in [0, 0.05) is 0 Å². The van der Waals surface area contributed by atoms with E-state index in [2.05, 4.69) is 36.1 Å². The molecule has 0 aromatic heterocycles. The summed E-state index contributed by atoms with van der Waals surface area (Å²) in [7, 11) is 3.34. The van der Waals surface area contributed by atoms with Crippen LogP contribution in [0.5, 0.6) is 11.5 Å². The topological polar surface area (TPSA) is 59.0 Å². The highest BCUT2D eigenvalue weighted by Gasteiger charge is 2.33. The van der Waals surface area contributed by atoms with Gasteiger partial charge < -0.3 is 14.6 Å². The second-order valence-electron chi connectivity index (χ2n) is 7.04. The molecule has 5 nitrogen and oxygen atoms in total. The van der Waals surface area contributed by atoms with Crippen LogP contribution in [0.1, 0.15) is 35.6 Å². The van der Waals surface area contributed by atoms with Gasteiger partial charge >= 0.3 is 5.97 Å². The van der Waals surface area contributed by atoms with Crippen LogP contribution >= 0.6 is 0 Å². The highest BCUT2D eigenvalue weighted by atomic mass is 16.5. The highest BCUT2D eigenvalue weighted by Crippen LogP contribution is 2.42. The third-order valence-corrected chi connectivity index (χ3v) is 5.34. The summed E-state index contributed by atoms with van der Waals surface area (Å²) in [5, 5.41) is 9.34. The standard InChI is InChI=1S/C22H27NO4/c1-15-6-4-7-17(14-15)21(23-12-10-16(11-13-23)22(24)25)20-18(26-2)8-5-9-19(20)27-3/h4-9,14,16,21H,10-13H2,1-3H3,(H,24,25). The molecule has 2 aromatic carbocycles. The van der Waals surface area contributed by atoms with E-state index in [1.807, 2.05) is 18.2 Å². The Morgan fingerprint density at radius 3 is 2.19 bits per heavy atom. The van der Waals surface area contributed by atoms with E-state index in [9.17, 15) is 9.90 Å². The van der Waals surface area contributed by atoms with Crippen molar-refractivity contribution < 1.29 is 19.4 Å². The number of aliphatic carboxylic acids is 1. The van der Waals surface area contributed by atoms with Crippen molar-refractivity contribution in [2.24, 2.45) is 5.92 Å². The van der Waals surface area contributed by atoms with Gasteiger partial charge in [-0.1, -0.05) is 35.9 Å². The number of methoxy groups -OCH3 is 2. The maximum absolute atomic E-state index is 11.4. The third-order valence-electron chi connectivity index (χ3n) is 5.34. The number of carboxylic acid groups (broad SMARTS) is 1. The van der Waals surface area contributed by atoms with Gasteiger partial charge in [0.25, 0.3) is 0 Å². The van der Waals surface area contributed by atoms with E-state index < -0.39 is 5.97 Å². The van der Waals surface area contributed by atoms with Crippen LogP contribution < -0.4 is 9.47 Å². The molecule has 0 aliphatic carbocycles. The van der Waals surface area contributed by atoms with Crippen molar-refractivity contribution in [3.8, 4) is 11.5 Å². The van der Waals surface area contributed by atoms with Gasteiger partial charge in [-0.15, -0.1) is 0 Å². The summed E-state index contributed by atoms with van der Waals surface area (Å²) < 4.78 is 11.3. The van der Waals surface area contributed by atoms with Crippen molar-refractivity contribution in [2.75, 3.05) is 27.3 Å². The second-order valence-corrected chi connectivity index (χ2v) is 7.04. The number of aryl methyl sites for hydroxylation is 1. The summed E-state index contributed by atoms with van der Waals surface area (Å²) in [4.78, 5) is 13.7. The number of rotatable bonds is 6. The predicted octanol–water partition coefficient (Wildman–Crippen LogP) is 3.90. The number of benzene rings is 2. The van der Waals surface area contributed by atoms with Crippen LogP contribution in [-0.2, 0) is 4.79 Å². The van der Waals surface area contributed by atoms with E-state index in [-0.39, 0.29) is 12.0 Å². The number of hydrogen-bond donors (Lipinski definition) is 1. The zero-order valence-electron chi connectivity index (χ0n) is 16.1. The van der Waals surface area contributed by atoms with E-state index in [0.717, 1.165) is 35.7 Å². The molecule has 27 heavy (non-hydrogen) atoms. The molecule has 1 saturated heterocycles. The van der Waals surface area contributed by atoms with Gasteiger partial charge in [-0.3, -0.25) is 9.69 Å². The van der Waals surface area contributed by atoms with E-state index in [0.29, 0.717) is 12.8 Å². The fourth-order valence-corrected chi connectivity index (χ4v) is 3.95. The molecule has 1 atom stereocenters. The Balaban J connectivity index is 2.06. The minimum Gasteiger partial charge on any atom is -0.496 e. The van der Waals surface area contributed by atoms with E-state index in [4.69, 9.17) is 9.47 Å². The van der Waals surface area contributed by atoms with Gasteiger partial charge in [0.15, 0.2) is 0 Å². The minimum atomic E-state index is -0.698. The maximum atomic E-state index is 11.4. The normalized spacial score (nSPS) is 16.7. The van der Waals surface area contributed by atoms with Gasteiger partial charge in [0.05, 0.1) is 31.7 Å². The van der Waals surface area contributed by atoms with Crippen LogP contribution in [0.25, 0.3) is 0 Å². The van der Waals surface area contributed by atoms with E-state index in [1.165, 1.54) is 5.56 Å². The largest absolute Gasteiger partial charge is 0.496 e. The summed E-state index contributed by atoms with van der Waals surface area (Å²) in [5.74, 6) is 0.595. The Bertz CT molecular complexity index is 774. The average Bonchev–Trinajstić information content (AvgIpc) is 2.68. The molecule has 0 spiro atoms. The van der Waals surface area contributed by atoms with Crippen LogP contribution in [-0.4, -0.2) is 43.3 Å². The van der Waals surface area contributed by atoms with Gasteiger partial charge in [0.1, 0.15) is 11.5 Å². The molecule has 5 heteroatoms. The monoisotopic (exact) mass is 369 g/mol. The number of carboxylic acids is 1. The van der Waals surface area contributed by atoms with Crippen molar-refractivity contribution in [1.29, 1.82) is 0 Å². The lowest BCUT2D eigenvalue weighted by Gasteiger charge is -2.38. The van der Waals surface area contributed by atoms with Crippen molar-refractivity contribution in [2.45, 2.75) is 25.8 Å². The number of piperidine rings is 1. The first kappa shape index (κ1) is 19.2. The molecule has 1 N–H and O–H groups in total. The molecule has 0 radical (unpaired) electrons. The number of ether oxygens (including phenoxy) is 2. The number of carbonyl (C=O) groups is 1. The number of likely N-dealkylation sites (tertiary alicyclic amines) is 1. The van der Waals surface area contributed by atoms with Gasteiger partial charge in [-0.25, -0.2) is 0 Å². The Hall–Kier alpha value is -2.53. The molecule has 2 aromatic rings. The summed E-state index contributed by atoms with van der Waals surface area (Å²) >= 11 is 0. The molecule has 144 valence electrons. The molecule has 1 heterocycles. The van der Waals surface area contributed by atoms with Gasteiger partial charge in [-0.2, -0.15) is 0 Å². The Labute approximate surface area is 160 Å². The molecule has 1 aliphatic rings. The molecular weight excluding hydrogens is 342 g/mol. The quantitative estimate of drug-likeness (QED) is 0.837. The maximum Gasteiger partial charge on any atom is 0.306 e. The van der Waals surface area contributed by atoms with E-state index in [1.54, 1.807) is 14.2 Å². The second kappa shape index (κ2) is 8.44. The average molecular weight is 369 g/mol. The Kier molecular flexibility index (Phi) is 6.01. The van der Waals surface area contributed by atoms with Crippen LogP contribution in [0.3, 0.4) is 0 Å². The van der Waals surface area contributed by atoms with Crippen molar-refractivity contribution in [1.82, 2.24) is 4.90 Å². The minimum absolute atomic E-state index is 0.0502. The zero-order chi connectivity index (χ0) is 19.4. The molecule has 3 rings (SSSR count). The van der Waals surface area contributed by atoms with Crippen LogP contribution in [0.15, 0.2) is 42.5 Å². The summed E-state index contributed by atoms with van der Waals surface area (Å²) in [6.45, 7) is 3.52. The highest BCUT2D eigenvalue weighted by molar-refractivity contribution is 5.70. The Morgan fingerprint density at radius 2 is 1.67 bits per heavy atom. The molecule has 1 unspecified atom stereocenters. The third kappa shape index (κ3) is 4.08. The number of hydrogen-bond acceptors (Lipinski definition) is 4. The van der Waals surface area contributed by atoms with Crippen LogP contribution in [0, 0.1) is 12.8 Å². The molecular formula is C22H27NO4. The van der Waals surface area contributed by atoms with Crippen LogP contribution in [0.4, 0.5) is 0 Å². The first-order valence-corrected chi connectivity index (χ1v) is 9.29. The summed E-state index contributed by atoms with van der Waals surface area (Å²) in [6, 6.07) is 14.2. The fourth-order valence-electron chi connectivity index (χ4n) is 3.95. The van der Waals surface area contributed by atoms with E-state index >= 15 is 0 Å². The fraction of sp³-hybridized carbons (Fsp3) is 0.409. The first-order chi connectivity index (χ1) is 13.0. The lowest BCUT2D eigenvalue weighted by molar-refractivity contribution is -0.143. The smallest absolute Gasteiger partial charge is 0.306 e. The lowest BCUT2D eigenvalue weighted by atomic mass is 9.90. The molecule has 1 fully saturated rings. The Morgan fingerprint density at radius 1 is 1.07 bits per heavy atom. The lowest BCUT2D eigenvalue weighted by Crippen LogP contribution is -2.39. The van der Waals surface area contributed by atoms with Crippen molar-refractivity contribution >= 4 is 5.97 Å². The van der Waals surface area contributed by atoms with Crippen molar-refractivity contribution in [3.05, 3.63) is 59.2 Å². The molecule has 0 bridgehead atoms. The number of nitrogens with zero attached hydrogens (tertiary/aromatic N) is 1. The van der Waals surface area contributed by atoms with Gasteiger partial charge in [-0.05, 0) is 50.6 Å². The predicted molar refractivity (Wildman–Crippen MR) is 105 cm³/mol. The van der Waals surface area contributed by atoms with Gasteiger partial charge in [0.2, 0.25) is 0 Å². The summed E-state index contributed by atoms with van der Waals surface area (Å²) in [6.07, 6.45) is 1.30.